The molecule has 0 amide bonds. The third kappa shape index (κ3) is 2.98. The summed E-state index contributed by atoms with van der Waals surface area (Å²) in [7, 11) is 1.81. The fourth-order valence-electron chi connectivity index (χ4n) is 1.52. The molecule has 0 aliphatic rings. The summed E-state index contributed by atoms with van der Waals surface area (Å²) in [6, 6.07) is 7.67. The fraction of sp³-hybridized carbons (Fsp3) is 0.231. The van der Waals surface area contributed by atoms with Crippen molar-refractivity contribution >= 4 is 21.7 Å². The largest absolute Gasteiger partial charge is 0.438 e. The van der Waals surface area contributed by atoms with Gasteiger partial charge < -0.3 is 10.1 Å². The van der Waals surface area contributed by atoms with Crippen molar-refractivity contribution in [2.24, 2.45) is 0 Å². The fourth-order valence-corrected chi connectivity index (χ4v) is 2.10. The summed E-state index contributed by atoms with van der Waals surface area (Å²) in [5.74, 6) is 2.66. The molecule has 94 valence electrons. The number of aromatic nitrogens is 2. The lowest BCUT2D eigenvalue weighted by atomic mass is 10.2. The van der Waals surface area contributed by atoms with E-state index in [9.17, 15) is 0 Å². The van der Waals surface area contributed by atoms with Gasteiger partial charge in [-0.3, -0.25) is 0 Å². The van der Waals surface area contributed by atoms with Crippen LogP contribution in [0.3, 0.4) is 0 Å². The Balaban J connectivity index is 2.30. The molecule has 0 aliphatic heterocycles. The van der Waals surface area contributed by atoms with Crippen LogP contribution in [0.5, 0.6) is 11.6 Å². The van der Waals surface area contributed by atoms with Gasteiger partial charge >= 0.3 is 0 Å². The number of ether oxygens (including phenoxy) is 1. The number of hydrogen-bond acceptors (Lipinski definition) is 4. The molecule has 0 saturated carbocycles. The van der Waals surface area contributed by atoms with Crippen LogP contribution in [0.25, 0.3) is 0 Å². The van der Waals surface area contributed by atoms with Crippen LogP contribution < -0.4 is 10.1 Å². The average Bonchev–Trinajstić information content (AvgIpc) is 2.32. The first-order valence-corrected chi connectivity index (χ1v) is 6.35. The van der Waals surface area contributed by atoms with Gasteiger partial charge in [0, 0.05) is 13.1 Å². The summed E-state index contributed by atoms with van der Waals surface area (Å²) >= 11 is 3.47. The Kier molecular flexibility index (Phi) is 3.81. The second-order valence-corrected chi connectivity index (χ2v) is 4.78. The average molecular weight is 308 g/mol. The number of nitrogens with zero attached hydrogens (tertiary/aromatic N) is 2. The van der Waals surface area contributed by atoms with Crippen LogP contribution in [0.15, 0.2) is 28.7 Å². The highest BCUT2D eigenvalue weighted by Gasteiger charge is 2.06. The van der Waals surface area contributed by atoms with Crippen LogP contribution in [0.1, 0.15) is 11.4 Å². The minimum Gasteiger partial charge on any atom is -0.438 e. The number of hydrogen-bond donors (Lipinski definition) is 1. The third-order valence-corrected chi connectivity index (χ3v) is 2.99. The minimum absolute atomic E-state index is 0.524. The summed E-state index contributed by atoms with van der Waals surface area (Å²) in [6.45, 7) is 3.86. The van der Waals surface area contributed by atoms with Gasteiger partial charge in [-0.1, -0.05) is 6.07 Å². The van der Waals surface area contributed by atoms with E-state index in [2.05, 4.69) is 31.2 Å². The van der Waals surface area contributed by atoms with Crippen molar-refractivity contribution in [2.45, 2.75) is 13.8 Å². The highest BCUT2D eigenvalue weighted by Crippen LogP contribution is 2.30. The van der Waals surface area contributed by atoms with Gasteiger partial charge in [0.1, 0.15) is 17.4 Å². The maximum atomic E-state index is 5.75. The molecule has 4 nitrogen and oxygen atoms in total. The van der Waals surface area contributed by atoms with E-state index in [1.807, 2.05) is 39.1 Å². The number of rotatable bonds is 3. The zero-order valence-electron chi connectivity index (χ0n) is 10.5. The lowest BCUT2D eigenvalue weighted by Gasteiger charge is -2.09. The quantitative estimate of drug-likeness (QED) is 0.939. The Labute approximate surface area is 115 Å². The van der Waals surface area contributed by atoms with E-state index in [4.69, 9.17) is 4.74 Å². The van der Waals surface area contributed by atoms with Crippen molar-refractivity contribution in [3.05, 3.63) is 40.1 Å². The van der Waals surface area contributed by atoms with Crippen LogP contribution >= 0.6 is 15.9 Å². The Bertz CT molecular complexity index is 572. The molecule has 0 saturated heterocycles. The van der Waals surface area contributed by atoms with Crippen molar-refractivity contribution in [3.8, 4) is 11.6 Å². The van der Waals surface area contributed by atoms with Gasteiger partial charge in [0.15, 0.2) is 0 Å². The first-order valence-electron chi connectivity index (χ1n) is 5.56. The molecular weight excluding hydrogens is 294 g/mol. The lowest BCUT2D eigenvalue weighted by molar-refractivity contribution is 0.457. The summed E-state index contributed by atoms with van der Waals surface area (Å²) < 4.78 is 6.66. The number of anilines is 1. The van der Waals surface area contributed by atoms with Gasteiger partial charge in [0.25, 0.3) is 0 Å². The SMILES string of the molecule is CNc1cc(Oc2ccc(C)cc2Br)nc(C)n1. The van der Waals surface area contributed by atoms with Gasteiger partial charge in [0.2, 0.25) is 5.88 Å². The molecule has 1 N–H and O–H groups in total. The Morgan fingerprint density at radius 3 is 2.61 bits per heavy atom. The van der Waals surface area contributed by atoms with Gasteiger partial charge in [-0.25, -0.2) is 4.98 Å². The Morgan fingerprint density at radius 1 is 1.17 bits per heavy atom. The van der Waals surface area contributed by atoms with E-state index in [1.54, 1.807) is 6.07 Å². The zero-order chi connectivity index (χ0) is 13.1. The van der Waals surface area contributed by atoms with Crippen molar-refractivity contribution < 1.29 is 4.74 Å². The Hall–Kier alpha value is -1.62. The molecule has 18 heavy (non-hydrogen) atoms. The van der Waals surface area contributed by atoms with Crippen LogP contribution in [-0.2, 0) is 0 Å². The lowest BCUT2D eigenvalue weighted by Crippen LogP contribution is -1.98. The first-order chi connectivity index (χ1) is 8.58. The van der Waals surface area contributed by atoms with Gasteiger partial charge in [0.05, 0.1) is 4.47 Å². The number of halogens is 1. The number of aryl methyl sites for hydroxylation is 2. The summed E-state index contributed by atoms with van der Waals surface area (Å²) in [5.41, 5.74) is 1.17. The molecule has 2 rings (SSSR count). The normalized spacial score (nSPS) is 10.2. The predicted octanol–water partition coefficient (Wildman–Crippen LogP) is 3.69. The van der Waals surface area contributed by atoms with E-state index in [0.29, 0.717) is 11.7 Å². The molecule has 0 aliphatic carbocycles. The zero-order valence-corrected chi connectivity index (χ0v) is 12.1. The smallest absolute Gasteiger partial charge is 0.224 e. The van der Waals surface area contributed by atoms with Crippen LogP contribution in [0.4, 0.5) is 5.82 Å². The van der Waals surface area contributed by atoms with Gasteiger partial charge in [-0.05, 0) is 47.5 Å². The van der Waals surface area contributed by atoms with Gasteiger partial charge in [-0.2, -0.15) is 4.98 Å². The molecule has 5 heteroatoms. The molecule has 2 aromatic rings. The van der Waals surface area contributed by atoms with Crippen LogP contribution in [0.2, 0.25) is 0 Å². The van der Waals surface area contributed by atoms with Gasteiger partial charge in [-0.15, -0.1) is 0 Å². The topological polar surface area (TPSA) is 47.0 Å². The highest BCUT2D eigenvalue weighted by molar-refractivity contribution is 9.10. The van der Waals surface area contributed by atoms with E-state index < -0.39 is 0 Å². The molecule has 0 bridgehead atoms. The van der Waals surface area contributed by atoms with Crippen LogP contribution in [0, 0.1) is 13.8 Å². The number of benzene rings is 1. The second-order valence-electron chi connectivity index (χ2n) is 3.92. The first kappa shape index (κ1) is 12.8. The van der Waals surface area contributed by atoms with Crippen molar-refractivity contribution in [1.82, 2.24) is 9.97 Å². The maximum Gasteiger partial charge on any atom is 0.224 e. The number of nitrogens with one attached hydrogen (secondary N) is 1. The predicted molar refractivity (Wildman–Crippen MR) is 75.3 cm³/mol. The van der Waals surface area contributed by atoms with E-state index in [-0.39, 0.29) is 0 Å². The Morgan fingerprint density at radius 2 is 1.94 bits per heavy atom. The van der Waals surface area contributed by atoms with Crippen LogP contribution in [-0.4, -0.2) is 17.0 Å². The molecule has 0 radical (unpaired) electrons. The van der Waals surface area contributed by atoms with Crippen molar-refractivity contribution in [2.75, 3.05) is 12.4 Å². The molecule has 0 unspecified atom stereocenters. The van der Waals surface area contributed by atoms with E-state index in [0.717, 1.165) is 16.0 Å². The summed E-state index contributed by atoms with van der Waals surface area (Å²) in [4.78, 5) is 8.46. The second kappa shape index (κ2) is 5.35. The minimum atomic E-state index is 0.524. The molecule has 1 heterocycles. The monoisotopic (exact) mass is 307 g/mol. The van der Waals surface area contributed by atoms with E-state index >= 15 is 0 Å². The summed E-state index contributed by atoms with van der Waals surface area (Å²) in [5, 5.41) is 2.97. The molecule has 0 fully saturated rings. The van der Waals surface area contributed by atoms with Crippen molar-refractivity contribution in [3.63, 3.8) is 0 Å². The summed E-state index contributed by atoms with van der Waals surface area (Å²) in [6.07, 6.45) is 0. The molecule has 0 atom stereocenters. The van der Waals surface area contributed by atoms with E-state index in [1.165, 1.54) is 5.56 Å². The molecule has 0 spiro atoms. The molecular formula is C13H14BrN3O. The maximum absolute atomic E-state index is 5.75. The third-order valence-electron chi connectivity index (χ3n) is 2.37. The van der Waals surface area contributed by atoms with Crippen molar-refractivity contribution in [1.29, 1.82) is 0 Å². The molecule has 1 aromatic carbocycles. The highest BCUT2D eigenvalue weighted by atomic mass is 79.9. The molecule has 1 aromatic heterocycles. The standard InChI is InChI=1S/C13H14BrN3O/c1-8-4-5-11(10(14)6-8)18-13-7-12(15-3)16-9(2)17-13/h4-7H,1-3H3,(H,15,16,17).